The van der Waals surface area contributed by atoms with Gasteiger partial charge in [-0.1, -0.05) is 0 Å². The predicted octanol–water partition coefficient (Wildman–Crippen LogP) is 2.75. The first-order chi connectivity index (χ1) is 9.38. The zero-order valence-electron chi connectivity index (χ0n) is 11.2. The molecule has 1 aliphatic heterocycles. The SMILES string of the molecule is CN[C@@H]1CC(F)(F)CCN1c1cc(F)cc(F)c1OC. The van der Waals surface area contributed by atoms with Crippen LogP contribution in [0.1, 0.15) is 12.8 Å². The largest absolute Gasteiger partial charge is 0.492 e. The van der Waals surface area contributed by atoms with E-state index in [1.165, 1.54) is 19.1 Å². The van der Waals surface area contributed by atoms with Gasteiger partial charge in [0.05, 0.1) is 19.0 Å². The van der Waals surface area contributed by atoms with Crippen LogP contribution in [0, 0.1) is 11.6 Å². The molecule has 3 nitrogen and oxygen atoms in total. The van der Waals surface area contributed by atoms with E-state index in [0.29, 0.717) is 6.07 Å². The summed E-state index contributed by atoms with van der Waals surface area (Å²) in [5.74, 6) is -4.56. The van der Waals surface area contributed by atoms with Gasteiger partial charge in [0.2, 0.25) is 0 Å². The maximum atomic E-state index is 13.7. The smallest absolute Gasteiger partial charge is 0.253 e. The maximum Gasteiger partial charge on any atom is 0.253 e. The number of hydrogen-bond acceptors (Lipinski definition) is 3. The summed E-state index contributed by atoms with van der Waals surface area (Å²) in [6.07, 6.45) is -1.51. The fourth-order valence-electron chi connectivity index (χ4n) is 2.44. The average Bonchev–Trinajstić information content (AvgIpc) is 2.36. The molecule has 1 aliphatic rings. The second-order valence-corrected chi connectivity index (χ2v) is 4.75. The van der Waals surface area contributed by atoms with Crippen LogP contribution in [0.25, 0.3) is 0 Å². The van der Waals surface area contributed by atoms with Crippen LogP contribution in [0.15, 0.2) is 12.1 Å². The molecule has 0 amide bonds. The summed E-state index contributed by atoms with van der Waals surface area (Å²) >= 11 is 0. The topological polar surface area (TPSA) is 24.5 Å². The summed E-state index contributed by atoms with van der Waals surface area (Å²) in [5, 5.41) is 2.74. The van der Waals surface area contributed by atoms with Crippen LogP contribution in [0.2, 0.25) is 0 Å². The highest BCUT2D eigenvalue weighted by atomic mass is 19.3. The lowest BCUT2D eigenvalue weighted by atomic mass is 10.0. The lowest BCUT2D eigenvalue weighted by molar-refractivity contribution is -0.0366. The molecule has 0 saturated carbocycles. The van der Waals surface area contributed by atoms with Gasteiger partial charge in [-0.15, -0.1) is 0 Å². The molecular formula is C13H16F4N2O. The van der Waals surface area contributed by atoms with E-state index in [1.807, 2.05) is 0 Å². The summed E-state index contributed by atoms with van der Waals surface area (Å²) in [5.41, 5.74) is 0.139. The van der Waals surface area contributed by atoms with Gasteiger partial charge in [-0.3, -0.25) is 0 Å². The first-order valence-corrected chi connectivity index (χ1v) is 6.23. The van der Waals surface area contributed by atoms with E-state index >= 15 is 0 Å². The van der Waals surface area contributed by atoms with Gasteiger partial charge in [0.1, 0.15) is 5.82 Å². The molecule has 0 spiro atoms. The minimum atomic E-state index is -2.79. The molecule has 1 saturated heterocycles. The van der Waals surface area contributed by atoms with E-state index in [9.17, 15) is 17.6 Å². The average molecular weight is 292 g/mol. The van der Waals surface area contributed by atoms with Crippen LogP contribution in [0.5, 0.6) is 5.75 Å². The van der Waals surface area contributed by atoms with E-state index in [2.05, 4.69) is 5.32 Å². The van der Waals surface area contributed by atoms with E-state index < -0.39 is 30.1 Å². The lowest BCUT2D eigenvalue weighted by Gasteiger charge is -2.41. The molecule has 1 fully saturated rings. The van der Waals surface area contributed by atoms with Gasteiger partial charge < -0.3 is 15.0 Å². The molecule has 0 bridgehead atoms. The molecule has 7 heteroatoms. The molecule has 0 radical (unpaired) electrons. The molecule has 1 aromatic carbocycles. The third kappa shape index (κ3) is 2.82. The summed E-state index contributed by atoms with van der Waals surface area (Å²) < 4.78 is 58.9. The molecule has 1 N–H and O–H groups in total. The Balaban J connectivity index is 2.40. The lowest BCUT2D eigenvalue weighted by Crippen LogP contribution is -2.53. The number of nitrogens with one attached hydrogen (secondary N) is 1. The third-order valence-corrected chi connectivity index (χ3v) is 3.42. The quantitative estimate of drug-likeness (QED) is 0.867. The predicted molar refractivity (Wildman–Crippen MR) is 67.3 cm³/mol. The van der Waals surface area contributed by atoms with Crippen molar-refractivity contribution < 1.29 is 22.3 Å². The molecule has 0 unspecified atom stereocenters. The van der Waals surface area contributed by atoms with Gasteiger partial charge in [-0.2, -0.15) is 0 Å². The first-order valence-electron chi connectivity index (χ1n) is 6.23. The van der Waals surface area contributed by atoms with Gasteiger partial charge in [-0.25, -0.2) is 17.6 Å². The number of methoxy groups -OCH3 is 1. The molecule has 0 aromatic heterocycles. The van der Waals surface area contributed by atoms with Crippen LogP contribution in [0.4, 0.5) is 23.2 Å². The summed E-state index contributed by atoms with van der Waals surface area (Å²) in [7, 11) is 2.79. The second-order valence-electron chi connectivity index (χ2n) is 4.75. The summed E-state index contributed by atoms with van der Waals surface area (Å²) in [6, 6.07) is 1.80. The number of piperidine rings is 1. The number of hydrogen-bond donors (Lipinski definition) is 1. The molecule has 1 atom stereocenters. The number of rotatable bonds is 3. The molecule has 1 heterocycles. The van der Waals surface area contributed by atoms with Crippen molar-refractivity contribution in [2.24, 2.45) is 0 Å². The second kappa shape index (κ2) is 5.47. The van der Waals surface area contributed by atoms with Crippen LogP contribution < -0.4 is 15.0 Å². The highest BCUT2D eigenvalue weighted by molar-refractivity contribution is 5.60. The normalized spacial score (nSPS) is 21.9. The van der Waals surface area contributed by atoms with E-state index in [1.54, 1.807) is 0 Å². The number of ether oxygens (including phenoxy) is 1. The van der Waals surface area contributed by atoms with Crippen LogP contribution in [-0.2, 0) is 0 Å². The highest BCUT2D eigenvalue weighted by Crippen LogP contribution is 2.39. The fraction of sp³-hybridized carbons (Fsp3) is 0.538. The Bertz CT molecular complexity index is 496. The Labute approximate surface area is 114 Å². The Kier molecular flexibility index (Phi) is 4.08. The zero-order valence-corrected chi connectivity index (χ0v) is 11.2. The minimum Gasteiger partial charge on any atom is -0.492 e. The van der Waals surface area contributed by atoms with E-state index in [4.69, 9.17) is 4.74 Å². The molecule has 112 valence electrons. The molecule has 2 rings (SSSR count). The van der Waals surface area contributed by atoms with Crippen molar-refractivity contribution in [3.05, 3.63) is 23.8 Å². The number of anilines is 1. The Morgan fingerprint density at radius 3 is 2.65 bits per heavy atom. The zero-order chi connectivity index (χ0) is 14.9. The minimum absolute atomic E-state index is 0.0161. The van der Waals surface area contributed by atoms with Gasteiger partial charge in [-0.05, 0) is 7.05 Å². The summed E-state index contributed by atoms with van der Waals surface area (Å²) in [4.78, 5) is 1.50. The van der Waals surface area contributed by atoms with Crippen molar-refractivity contribution in [2.45, 2.75) is 24.9 Å². The maximum absolute atomic E-state index is 13.7. The van der Waals surface area contributed by atoms with Crippen molar-refractivity contribution in [1.82, 2.24) is 5.32 Å². The third-order valence-electron chi connectivity index (χ3n) is 3.42. The number of alkyl halides is 2. The fourth-order valence-corrected chi connectivity index (χ4v) is 2.44. The first kappa shape index (κ1) is 14.9. The standard InChI is InChI=1S/C13H16F4N2O/c1-18-11-7-13(16,17)3-4-19(11)10-6-8(14)5-9(15)12(10)20-2/h5-6,11,18H,3-4,7H2,1-2H3/t11-/m0/s1. The number of nitrogens with zero attached hydrogens (tertiary/aromatic N) is 1. The molecule has 1 aromatic rings. The number of benzene rings is 1. The van der Waals surface area contributed by atoms with Crippen LogP contribution in [0.3, 0.4) is 0 Å². The van der Waals surface area contributed by atoms with Crippen LogP contribution in [-0.4, -0.2) is 32.8 Å². The van der Waals surface area contributed by atoms with Gasteiger partial charge in [0.15, 0.2) is 11.6 Å². The van der Waals surface area contributed by atoms with Gasteiger partial charge in [0.25, 0.3) is 5.92 Å². The Morgan fingerprint density at radius 1 is 1.35 bits per heavy atom. The highest BCUT2D eigenvalue weighted by Gasteiger charge is 2.40. The van der Waals surface area contributed by atoms with Gasteiger partial charge >= 0.3 is 0 Å². The van der Waals surface area contributed by atoms with Crippen molar-refractivity contribution >= 4 is 5.69 Å². The van der Waals surface area contributed by atoms with Crippen molar-refractivity contribution in [3.8, 4) is 5.75 Å². The van der Waals surface area contributed by atoms with Crippen molar-refractivity contribution in [2.75, 3.05) is 25.6 Å². The van der Waals surface area contributed by atoms with Crippen molar-refractivity contribution in [1.29, 1.82) is 0 Å². The number of halogens is 4. The van der Waals surface area contributed by atoms with Gasteiger partial charge in [0, 0.05) is 31.5 Å². The Morgan fingerprint density at radius 2 is 2.05 bits per heavy atom. The van der Waals surface area contributed by atoms with Crippen molar-refractivity contribution in [3.63, 3.8) is 0 Å². The summed E-state index contributed by atoms with van der Waals surface area (Å²) in [6.45, 7) is -0.0161. The monoisotopic (exact) mass is 292 g/mol. The van der Waals surface area contributed by atoms with Crippen LogP contribution >= 0.6 is 0 Å². The molecule has 20 heavy (non-hydrogen) atoms. The molecule has 0 aliphatic carbocycles. The molecular weight excluding hydrogens is 276 g/mol. The Hall–Kier alpha value is -1.50. The van der Waals surface area contributed by atoms with E-state index in [0.717, 1.165) is 6.07 Å². The van der Waals surface area contributed by atoms with E-state index in [-0.39, 0.29) is 24.4 Å².